The van der Waals surface area contributed by atoms with Gasteiger partial charge >= 0.3 is 0 Å². The molecule has 0 saturated carbocycles. The first-order valence-electron chi connectivity index (χ1n) is 5.72. The predicted octanol–water partition coefficient (Wildman–Crippen LogP) is 0.352. The van der Waals surface area contributed by atoms with Gasteiger partial charge in [-0.3, -0.25) is 4.79 Å². The van der Waals surface area contributed by atoms with Gasteiger partial charge in [-0.25, -0.2) is 0 Å². The van der Waals surface area contributed by atoms with E-state index in [0.717, 1.165) is 12.1 Å². The highest BCUT2D eigenvalue weighted by Crippen LogP contribution is 2.25. The fourth-order valence-corrected chi connectivity index (χ4v) is 2.03. The van der Waals surface area contributed by atoms with E-state index in [2.05, 4.69) is 6.92 Å². The summed E-state index contributed by atoms with van der Waals surface area (Å²) in [6.07, 6.45) is 0.980. The lowest BCUT2D eigenvalue weighted by Gasteiger charge is -2.17. The van der Waals surface area contributed by atoms with Crippen LogP contribution >= 0.6 is 0 Å². The van der Waals surface area contributed by atoms with E-state index in [-0.39, 0.29) is 18.9 Å². The SMILES string of the molecule is CCc1ccc(N2C[C@@H](C(=O)[O-])CC2=O)cc1. The molecule has 1 heterocycles. The molecular weight excluding hydrogens is 218 g/mol. The van der Waals surface area contributed by atoms with Crippen molar-refractivity contribution < 1.29 is 14.7 Å². The van der Waals surface area contributed by atoms with Crippen molar-refractivity contribution in [3.8, 4) is 0 Å². The minimum Gasteiger partial charge on any atom is -0.550 e. The smallest absolute Gasteiger partial charge is 0.227 e. The highest BCUT2D eigenvalue weighted by Gasteiger charge is 2.31. The Bertz CT molecular complexity index is 438. The topological polar surface area (TPSA) is 60.4 Å². The predicted molar refractivity (Wildman–Crippen MR) is 61.3 cm³/mol. The minimum absolute atomic E-state index is 0.0395. The highest BCUT2D eigenvalue weighted by molar-refractivity contribution is 5.98. The Hall–Kier alpha value is -1.84. The summed E-state index contributed by atoms with van der Waals surface area (Å²) < 4.78 is 0. The number of anilines is 1. The number of carboxylic acid groups (broad SMARTS) is 1. The highest BCUT2D eigenvalue weighted by atomic mass is 16.4. The van der Waals surface area contributed by atoms with Crippen LogP contribution in [-0.2, 0) is 16.0 Å². The normalized spacial score (nSPS) is 19.7. The Morgan fingerprint density at radius 1 is 1.41 bits per heavy atom. The number of amides is 1. The summed E-state index contributed by atoms with van der Waals surface area (Å²) in [5.74, 6) is -1.98. The van der Waals surface area contributed by atoms with Crippen LogP contribution < -0.4 is 10.0 Å². The van der Waals surface area contributed by atoms with E-state index in [1.165, 1.54) is 10.5 Å². The van der Waals surface area contributed by atoms with Gasteiger partial charge in [0.2, 0.25) is 5.91 Å². The van der Waals surface area contributed by atoms with Gasteiger partial charge in [0.25, 0.3) is 0 Å². The van der Waals surface area contributed by atoms with Crippen LogP contribution in [0.15, 0.2) is 24.3 Å². The molecule has 0 N–H and O–H groups in total. The number of hydrogen-bond acceptors (Lipinski definition) is 3. The summed E-state index contributed by atoms with van der Waals surface area (Å²) in [7, 11) is 0. The average molecular weight is 232 g/mol. The second kappa shape index (κ2) is 4.57. The number of carboxylic acids is 1. The molecule has 1 aromatic carbocycles. The van der Waals surface area contributed by atoms with E-state index < -0.39 is 11.9 Å². The molecule has 1 aliphatic heterocycles. The molecule has 0 spiro atoms. The molecule has 0 aliphatic carbocycles. The summed E-state index contributed by atoms with van der Waals surface area (Å²) in [5, 5.41) is 10.7. The van der Waals surface area contributed by atoms with Gasteiger partial charge in [0, 0.05) is 30.5 Å². The number of carbonyl (C=O) groups excluding carboxylic acids is 2. The average Bonchev–Trinajstić information content (AvgIpc) is 2.72. The maximum Gasteiger partial charge on any atom is 0.227 e. The Balaban J connectivity index is 2.17. The van der Waals surface area contributed by atoms with E-state index in [1.807, 2.05) is 24.3 Å². The molecule has 0 radical (unpaired) electrons. The fraction of sp³-hybridized carbons (Fsp3) is 0.385. The quantitative estimate of drug-likeness (QED) is 0.755. The number of nitrogens with zero attached hydrogens (tertiary/aromatic N) is 1. The third-order valence-corrected chi connectivity index (χ3v) is 3.11. The lowest BCUT2D eigenvalue weighted by molar-refractivity contribution is -0.310. The number of aliphatic carboxylic acids is 1. The summed E-state index contributed by atoms with van der Waals surface area (Å²) in [6.45, 7) is 2.27. The lowest BCUT2D eigenvalue weighted by Crippen LogP contribution is -2.33. The van der Waals surface area contributed by atoms with Crippen molar-refractivity contribution in [2.45, 2.75) is 19.8 Å². The standard InChI is InChI=1S/C13H15NO3/c1-2-9-3-5-11(6-4-9)14-8-10(13(16)17)7-12(14)15/h3-6,10H,2,7-8H2,1H3,(H,16,17)/p-1/t10-/m0/s1. The monoisotopic (exact) mass is 232 g/mol. The number of benzene rings is 1. The van der Waals surface area contributed by atoms with Crippen molar-refractivity contribution in [2.24, 2.45) is 5.92 Å². The maximum absolute atomic E-state index is 11.7. The molecule has 1 fully saturated rings. The Morgan fingerprint density at radius 2 is 2.06 bits per heavy atom. The summed E-state index contributed by atoms with van der Waals surface area (Å²) in [4.78, 5) is 23.9. The van der Waals surface area contributed by atoms with Gasteiger partial charge in [0.1, 0.15) is 0 Å². The first kappa shape index (κ1) is 11.6. The zero-order valence-corrected chi connectivity index (χ0v) is 9.68. The molecule has 0 aromatic heterocycles. The van der Waals surface area contributed by atoms with Crippen LogP contribution in [0.4, 0.5) is 5.69 Å². The van der Waals surface area contributed by atoms with Crippen molar-refractivity contribution in [1.29, 1.82) is 0 Å². The van der Waals surface area contributed by atoms with Crippen molar-refractivity contribution in [2.75, 3.05) is 11.4 Å². The van der Waals surface area contributed by atoms with Crippen molar-refractivity contribution in [3.05, 3.63) is 29.8 Å². The van der Waals surface area contributed by atoms with Gasteiger partial charge in [-0.15, -0.1) is 0 Å². The maximum atomic E-state index is 11.7. The molecule has 1 saturated heterocycles. The van der Waals surface area contributed by atoms with E-state index in [9.17, 15) is 14.7 Å². The van der Waals surface area contributed by atoms with Crippen molar-refractivity contribution in [3.63, 3.8) is 0 Å². The molecule has 2 rings (SSSR count). The van der Waals surface area contributed by atoms with E-state index in [4.69, 9.17) is 0 Å². The zero-order chi connectivity index (χ0) is 12.4. The first-order chi connectivity index (χ1) is 8.11. The number of carbonyl (C=O) groups is 2. The largest absolute Gasteiger partial charge is 0.550 e. The van der Waals surface area contributed by atoms with Crippen LogP contribution in [0.3, 0.4) is 0 Å². The van der Waals surface area contributed by atoms with Gasteiger partial charge in [-0.1, -0.05) is 19.1 Å². The molecule has 1 aromatic rings. The lowest BCUT2D eigenvalue weighted by atomic mass is 10.1. The summed E-state index contributed by atoms with van der Waals surface area (Å²) >= 11 is 0. The molecular formula is C13H14NO3-. The van der Waals surface area contributed by atoms with Gasteiger partial charge in [-0.2, -0.15) is 0 Å². The molecule has 0 bridgehead atoms. The third-order valence-electron chi connectivity index (χ3n) is 3.11. The van der Waals surface area contributed by atoms with Crippen LogP contribution in [0.2, 0.25) is 0 Å². The van der Waals surface area contributed by atoms with Crippen molar-refractivity contribution >= 4 is 17.6 Å². The van der Waals surface area contributed by atoms with E-state index in [1.54, 1.807) is 0 Å². The molecule has 0 unspecified atom stereocenters. The molecule has 1 amide bonds. The van der Waals surface area contributed by atoms with Gasteiger partial charge in [0.05, 0.1) is 0 Å². The third kappa shape index (κ3) is 2.30. The van der Waals surface area contributed by atoms with Crippen LogP contribution in [0.25, 0.3) is 0 Å². The molecule has 4 nitrogen and oxygen atoms in total. The Morgan fingerprint density at radius 3 is 2.53 bits per heavy atom. The van der Waals surface area contributed by atoms with E-state index in [0.29, 0.717) is 0 Å². The molecule has 90 valence electrons. The fourth-order valence-electron chi connectivity index (χ4n) is 2.03. The van der Waals surface area contributed by atoms with Crippen LogP contribution in [-0.4, -0.2) is 18.4 Å². The van der Waals surface area contributed by atoms with Crippen LogP contribution in [0.5, 0.6) is 0 Å². The van der Waals surface area contributed by atoms with Crippen LogP contribution in [0, 0.1) is 5.92 Å². The zero-order valence-electron chi connectivity index (χ0n) is 9.68. The summed E-state index contributed by atoms with van der Waals surface area (Å²) in [5.41, 5.74) is 1.95. The number of aryl methyl sites for hydroxylation is 1. The number of hydrogen-bond donors (Lipinski definition) is 0. The second-order valence-electron chi connectivity index (χ2n) is 4.24. The molecule has 1 aliphatic rings. The second-order valence-corrected chi connectivity index (χ2v) is 4.24. The molecule has 4 heteroatoms. The molecule has 1 atom stereocenters. The number of rotatable bonds is 3. The Labute approximate surface area is 99.9 Å². The van der Waals surface area contributed by atoms with Gasteiger partial charge < -0.3 is 14.8 Å². The summed E-state index contributed by atoms with van der Waals surface area (Å²) in [6, 6.07) is 7.62. The Kier molecular flexibility index (Phi) is 3.13. The molecule has 17 heavy (non-hydrogen) atoms. The van der Waals surface area contributed by atoms with Gasteiger partial charge in [-0.05, 0) is 24.1 Å². The minimum atomic E-state index is -1.15. The van der Waals surface area contributed by atoms with E-state index >= 15 is 0 Å². The van der Waals surface area contributed by atoms with Crippen molar-refractivity contribution in [1.82, 2.24) is 0 Å². The first-order valence-corrected chi connectivity index (χ1v) is 5.72. The van der Waals surface area contributed by atoms with Crippen LogP contribution in [0.1, 0.15) is 18.9 Å². The van der Waals surface area contributed by atoms with Gasteiger partial charge in [0.15, 0.2) is 0 Å².